The molecule has 4 rings (SSSR count). The van der Waals surface area contributed by atoms with Crippen LogP contribution in [0.15, 0.2) is 63.9 Å². The number of hydrogen-bond acceptors (Lipinski definition) is 6. The van der Waals surface area contributed by atoms with E-state index in [-0.39, 0.29) is 22.7 Å². The molecule has 0 spiro atoms. The van der Waals surface area contributed by atoms with Crippen LogP contribution >= 0.6 is 34.7 Å². The van der Waals surface area contributed by atoms with Crippen LogP contribution in [-0.4, -0.2) is 36.6 Å². The molecule has 3 aromatic rings. The first-order chi connectivity index (χ1) is 15.5. The normalized spacial score (nSPS) is 15.6. The van der Waals surface area contributed by atoms with Crippen LogP contribution in [0.4, 0.5) is 4.39 Å². The quantitative estimate of drug-likeness (QED) is 0.379. The molecule has 2 aromatic carbocycles. The van der Waals surface area contributed by atoms with Crippen molar-refractivity contribution in [3.05, 3.63) is 75.2 Å². The molecule has 9 heteroatoms. The second kappa shape index (κ2) is 9.94. The Labute approximate surface area is 198 Å². The lowest BCUT2D eigenvalue weighted by Gasteiger charge is -2.23. The van der Waals surface area contributed by atoms with Crippen molar-refractivity contribution in [3.63, 3.8) is 0 Å². The van der Waals surface area contributed by atoms with Crippen molar-refractivity contribution in [2.24, 2.45) is 5.10 Å². The zero-order valence-electron chi connectivity index (χ0n) is 17.4. The SMILES string of the molecule is COc1ccc(C2CC(c3cccs3)=NN2C(=O)CSc2ccc(F)c(Cl)c2)cc1OC. The smallest absolute Gasteiger partial charge is 0.253 e. The fraction of sp³-hybridized carbons (Fsp3) is 0.217. The van der Waals surface area contributed by atoms with E-state index in [9.17, 15) is 9.18 Å². The Bertz CT molecular complexity index is 1150. The molecule has 0 saturated heterocycles. The zero-order chi connectivity index (χ0) is 22.7. The van der Waals surface area contributed by atoms with Crippen LogP contribution in [0, 0.1) is 5.82 Å². The average Bonchev–Trinajstić information content (AvgIpc) is 3.49. The van der Waals surface area contributed by atoms with E-state index in [1.807, 2.05) is 35.7 Å². The third-order valence-corrected chi connectivity index (χ3v) is 7.20. The number of benzene rings is 2. The summed E-state index contributed by atoms with van der Waals surface area (Å²) >= 11 is 8.75. The van der Waals surface area contributed by atoms with Crippen LogP contribution in [0.5, 0.6) is 11.5 Å². The Hall–Kier alpha value is -2.55. The Balaban J connectivity index is 1.59. The largest absolute Gasteiger partial charge is 0.493 e. The fourth-order valence-electron chi connectivity index (χ4n) is 3.43. The molecule has 1 aliphatic heterocycles. The number of hydrogen-bond donors (Lipinski definition) is 0. The summed E-state index contributed by atoms with van der Waals surface area (Å²) in [4.78, 5) is 14.9. The molecule has 0 saturated carbocycles. The van der Waals surface area contributed by atoms with E-state index >= 15 is 0 Å². The highest BCUT2D eigenvalue weighted by atomic mass is 35.5. The zero-order valence-corrected chi connectivity index (χ0v) is 19.8. The van der Waals surface area contributed by atoms with E-state index in [4.69, 9.17) is 21.1 Å². The van der Waals surface area contributed by atoms with E-state index in [1.165, 1.54) is 28.9 Å². The summed E-state index contributed by atoms with van der Waals surface area (Å²) < 4.78 is 24.2. The summed E-state index contributed by atoms with van der Waals surface area (Å²) in [7, 11) is 3.16. The molecule has 1 atom stereocenters. The first kappa shape index (κ1) is 22.6. The molecule has 0 fully saturated rings. The van der Waals surface area contributed by atoms with Crippen molar-refractivity contribution in [1.29, 1.82) is 0 Å². The van der Waals surface area contributed by atoms with Crippen molar-refractivity contribution in [2.45, 2.75) is 17.4 Å². The summed E-state index contributed by atoms with van der Waals surface area (Å²) in [6, 6.07) is 13.7. The van der Waals surface area contributed by atoms with Gasteiger partial charge in [0.1, 0.15) is 5.82 Å². The van der Waals surface area contributed by atoms with Gasteiger partial charge in [-0.05, 0) is 47.3 Å². The van der Waals surface area contributed by atoms with E-state index in [1.54, 1.807) is 31.6 Å². The van der Waals surface area contributed by atoms with Gasteiger partial charge in [-0.25, -0.2) is 9.40 Å². The van der Waals surface area contributed by atoms with Crippen LogP contribution in [0.3, 0.4) is 0 Å². The Kier molecular flexibility index (Phi) is 7.03. The van der Waals surface area contributed by atoms with Gasteiger partial charge in [0, 0.05) is 11.3 Å². The van der Waals surface area contributed by atoms with Crippen LogP contribution in [0.1, 0.15) is 22.9 Å². The third-order valence-electron chi connectivity index (χ3n) is 5.02. The van der Waals surface area contributed by atoms with Gasteiger partial charge in [-0.1, -0.05) is 23.7 Å². The summed E-state index contributed by atoms with van der Waals surface area (Å²) in [5.74, 6) is 0.724. The molecule has 166 valence electrons. The molecular weight excluding hydrogens is 471 g/mol. The van der Waals surface area contributed by atoms with Gasteiger partial charge in [0.2, 0.25) is 0 Å². The summed E-state index contributed by atoms with van der Waals surface area (Å²) in [6.45, 7) is 0. The number of halogens is 2. The van der Waals surface area contributed by atoms with Crippen LogP contribution < -0.4 is 9.47 Å². The van der Waals surface area contributed by atoms with Crippen molar-refractivity contribution in [3.8, 4) is 11.5 Å². The van der Waals surface area contributed by atoms with Gasteiger partial charge in [0.15, 0.2) is 11.5 Å². The van der Waals surface area contributed by atoms with Crippen LogP contribution in [0.25, 0.3) is 0 Å². The molecule has 0 aliphatic carbocycles. The summed E-state index contributed by atoms with van der Waals surface area (Å²) in [5, 5.41) is 8.23. The Morgan fingerprint density at radius 3 is 2.72 bits per heavy atom. The molecule has 0 bridgehead atoms. The monoisotopic (exact) mass is 490 g/mol. The number of hydrazone groups is 1. The minimum Gasteiger partial charge on any atom is -0.493 e. The number of thioether (sulfide) groups is 1. The lowest BCUT2D eigenvalue weighted by molar-refractivity contribution is -0.130. The first-order valence-corrected chi connectivity index (χ1v) is 12.0. The van der Waals surface area contributed by atoms with Gasteiger partial charge >= 0.3 is 0 Å². The van der Waals surface area contributed by atoms with E-state index in [0.717, 1.165) is 16.2 Å². The lowest BCUT2D eigenvalue weighted by Crippen LogP contribution is -2.28. The second-order valence-electron chi connectivity index (χ2n) is 6.96. The number of nitrogens with zero attached hydrogens (tertiary/aromatic N) is 2. The van der Waals surface area contributed by atoms with Gasteiger partial charge in [-0.3, -0.25) is 4.79 Å². The maximum atomic E-state index is 13.4. The Morgan fingerprint density at radius 2 is 2.03 bits per heavy atom. The van der Waals surface area contributed by atoms with Crippen molar-refractivity contribution in [2.75, 3.05) is 20.0 Å². The molecule has 1 aromatic heterocycles. The average molecular weight is 491 g/mol. The molecule has 1 aliphatic rings. The predicted octanol–water partition coefficient (Wildman–Crippen LogP) is 6.03. The van der Waals surface area contributed by atoms with Crippen molar-refractivity contribution in [1.82, 2.24) is 5.01 Å². The molecule has 5 nitrogen and oxygen atoms in total. The predicted molar refractivity (Wildman–Crippen MR) is 127 cm³/mol. The molecule has 1 amide bonds. The summed E-state index contributed by atoms with van der Waals surface area (Å²) in [6.07, 6.45) is 0.592. The van der Waals surface area contributed by atoms with E-state index in [2.05, 4.69) is 5.10 Å². The maximum absolute atomic E-state index is 13.4. The minimum absolute atomic E-state index is 0.0322. The number of carbonyl (C=O) groups is 1. The number of thiophene rings is 1. The van der Waals surface area contributed by atoms with Gasteiger partial charge in [0.05, 0.1) is 41.6 Å². The third kappa shape index (κ3) is 4.77. The van der Waals surface area contributed by atoms with Crippen molar-refractivity contribution >= 4 is 46.3 Å². The number of methoxy groups -OCH3 is 2. The van der Waals surface area contributed by atoms with Crippen LogP contribution in [-0.2, 0) is 4.79 Å². The standard InChI is InChI=1S/C23H20ClFN2O3S2/c1-29-20-8-5-14(10-21(20)30-2)19-12-18(22-4-3-9-31-22)26-27(19)23(28)13-32-15-6-7-17(25)16(24)11-15/h3-11,19H,12-13H2,1-2H3. The number of rotatable bonds is 7. The lowest BCUT2D eigenvalue weighted by atomic mass is 10.0. The van der Waals surface area contributed by atoms with E-state index < -0.39 is 5.82 Å². The number of amides is 1. The molecule has 2 heterocycles. The fourth-order valence-corrected chi connectivity index (χ4v) is 5.18. The maximum Gasteiger partial charge on any atom is 0.253 e. The van der Waals surface area contributed by atoms with Gasteiger partial charge in [-0.2, -0.15) is 5.10 Å². The first-order valence-electron chi connectivity index (χ1n) is 9.73. The molecular formula is C23H20ClFN2O3S2. The molecule has 0 N–H and O–H groups in total. The summed E-state index contributed by atoms with van der Waals surface area (Å²) in [5.41, 5.74) is 1.77. The van der Waals surface area contributed by atoms with Gasteiger partial charge < -0.3 is 9.47 Å². The highest BCUT2D eigenvalue weighted by Crippen LogP contribution is 2.38. The number of carbonyl (C=O) groups excluding carboxylic acids is 1. The Morgan fingerprint density at radius 1 is 1.22 bits per heavy atom. The van der Waals surface area contributed by atoms with Gasteiger partial charge in [-0.15, -0.1) is 23.1 Å². The highest BCUT2D eigenvalue weighted by Gasteiger charge is 2.34. The highest BCUT2D eigenvalue weighted by molar-refractivity contribution is 8.00. The number of ether oxygens (including phenoxy) is 2. The van der Waals surface area contributed by atoms with Gasteiger partial charge in [0.25, 0.3) is 5.91 Å². The van der Waals surface area contributed by atoms with Crippen LogP contribution in [0.2, 0.25) is 5.02 Å². The molecule has 32 heavy (non-hydrogen) atoms. The van der Waals surface area contributed by atoms with Crippen molar-refractivity contribution < 1.29 is 18.7 Å². The molecule has 0 radical (unpaired) electrons. The topological polar surface area (TPSA) is 51.1 Å². The second-order valence-corrected chi connectivity index (χ2v) is 9.36. The van der Waals surface area contributed by atoms with E-state index in [0.29, 0.717) is 22.8 Å². The molecule has 1 unspecified atom stereocenters. The minimum atomic E-state index is -0.486.